The van der Waals surface area contributed by atoms with Crippen molar-refractivity contribution in [3.63, 3.8) is 0 Å². The monoisotopic (exact) mass is 479 g/mol. The number of aliphatic hydroxyl groups is 1. The predicted molar refractivity (Wildman–Crippen MR) is 139 cm³/mol. The molecule has 1 saturated heterocycles. The Labute approximate surface area is 208 Å². The number of rotatable bonds is 3. The van der Waals surface area contributed by atoms with Gasteiger partial charge in [0.05, 0.1) is 23.8 Å². The van der Waals surface area contributed by atoms with Crippen LogP contribution in [0, 0.1) is 6.92 Å². The van der Waals surface area contributed by atoms with E-state index in [1.807, 2.05) is 73.6 Å². The second kappa shape index (κ2) is 8.30. The second-order valence-electron chi connectivity index (χ2n) is 9.25. The number of benzene rings is 3. The first-order valence-corrected chi connectivity index (χ1v) is 11.9. The number of nitrogens with one attached hydrogen (secondary N) is 1. The maximum atomic E-state index is 13.5. The lowest BCUT2D eigenvalue weighted by Crippen LogP contribution is -2.29. The largest absolute Gasteiger partial charge is 0.507 e. The molecule has 7 heteroatoms. The molecule has 0 radical (unpaired) electrons. The lowest BCUT2D eigenvalue weighted by atomic mass is 9.94. The van der Waals surface area contributed by atoms with Gasteiger partial charge in [0, 0.05) is 41.0 Å². The summed E-state index contributed by atoms with van der Waals surface area (Å²) in [6.07, 6.45) is 1.81. The first-order valence-electron chi connectivity index (χ1n) is 11.9. The zero-order valence-corrected chi connectivity index (χ0v) is 20.0. The molecule has 0 aliphatic carbocycles. The molecule has 7 nitrogen and oxygen atoms in total. The molecule has 3 aromatic carbocycles. The molecule has 4 aromatic rings. The molecular weight excluding hydrogens is 454 g/mol. The van der Waals surface area contributed by atoms with E-state index in [-0.39, 0.29) is 11.3 Å². The number of para-hydroxylation sites is 1. The first kappa shape index (κ1) is 22.0. The van der Waals surface area contributed by atoms with E-state index in [0.717, 1.165) is 27.7 Å². The lowest BCUT2D eigenvalue weighted by molar-refractivity contribution is -0.132. The fourth-order valence-electron chi connectivity index (χ4n) is 5.14. The summed E-state index contributed by atoms with van der Waals surface area (Å²) < 4.78 is 5.73. The topological polar surface area (TPSA) is 85.9 Å². The number of carbonyl (C=O) groups excluding carboxylic acids is 2. The van der Waals surface area contributed by atoms with Crippen LogP contribution in [-0.4, -0.2) is 42.0 Å². The van der Waals surface area contributed by atoms with Crippen molar-refractivity contribution in [1.29, 1.82) is 0 Å². The molecule has 2 aliphatic heterocycles. The van der Waals surface area contributed by atoms with Crippen molar-refractivity contribution in [3.8, 4) is 5.75 Å². The lowest BCUT2D eigenvalue weighted by Gasteiger charge is -2.28. The van der Waals surface area contributed by atoms with Gasteiger partial charge in [0.2, 0.25) is 0 Å². The Bertz CT molecular complexity index is 1570. The quantitative estimate of drug-likeness (QED) is 0.247. The minimum absolute atomic E-state index is 0.0607. The number of aliphatic hydroxyl groups excluding tert-OH is 1. The van der Waals surface area contributed by atoms with Gasteiger partial charge < -0.3 is 19.7 Å². The molecule has 1 amide bonds. The number of ketones is 1. The first-order chi connectivity index (χ1) is 17.4. The van der Waals surface area contributed by atoms with E-state index in [1.54, 1.807) is 18.2 Å². The zero-order chi connectivity index (χ0) is 25.0. The van der Waals surface area contributed by atoms with E-state index >= 15 is 0 Å². The number of hydrogen-bond acceptors (Lipinski definition) is 5. The van der Waals surface area contributed by atoms with Crippen LogP contribution in [0.1, 0.15) is 22.7 Å². The van der Waals surface area contributed by atoms with Crippen molar-refractivity contribution >= 4 is 39.7 Å². The Balaban J connectivity index is 1.59. The maximum absolute atomic E-state index is 13.5. The number of amides is 1. The van der Waals surface area contributed by atoms with Gasteiger partial charge >= 0.3 is 0 Å². The van der Waals surface area contributed by atoms with Crippen molar-refractivity contribution in [2.24, 2.45) is 0 Å². The number of carbonyl (C=O) groups is 2. The molecule has 180 valence electrons. The summed E-state index contributed by atoms with van der Waals surface area (Å²) in [6, 6.07) is 19.7. The highest BCUT2D eigenvalue weighted by molar-refractivity contribution is 6.52. The molecule has 1 fully saturated rings. The van der Waals surface area contributed by atoms with Crippen LogP contribution in [0.5, 0.6) is 5.75 Å². The van der Waals surface area contributed by atoms with Crippen LogP contribution in [0.2, 0.25) is 0 Å². The van der Waals surface area contributed by atoms with Crippen LogP contribution in [0.3, 0.4) is 0 Å². The van der Waals surface area contributed by atoms with Gasteiger partial charge in [0.1, 0.15) is 18.1 Å². The van der Waals surface area contributed by atoms with Crippen LogP contribution < -0.4 is 14.5 Å². The van der Waals surface area contributed by atoms with Gasteiger partial charge in [0.25, 0.3) is 11.7 Å². The number of Topliss-reactive ketones (excluding diaryl/α,β-unsaturated/α-hetero) is 1. The number of aromatic nitrogens is 1. The Morgan fingerprint density at radius 1 is 1.06 bits per heavy atom. The molecule has 1 unspecified atom stereocenters. The highest BCUT2D eigenvalue weighted by atomic mass is 16.5. The SMILES string of the molecule is Cc1cccc(N2C(=O)C(=O)/C(=C(/O)c3ccc4c(c3)N(C)CCO4)C2c2c[nH]c3ccccc23)c1. The number of fused-ring (bicyclic) bond motifs is 2. The van der Waals surface area contributed by atoms with E-state index in [4.69, 9.17) is 4.74 Å². The van der Waals surface area contributed by atoms with Crippen LogP contribution in [0.15, 0.2) is 78.5 Å². The standard InChI is InChI=1S/C29H25N3O4/c1-17-6-5-7-19(14-17)32-26(21-16-30-22-9-4-3-8-20(21)22)25(28(34)29(32)35)27(33)18-10-11-24-23(15-18)31(2)12-13-36-24/h3-11,14-16,26,30,33H,12-13H2,1-2H3/b27-25+. The van der Waals surface area contributed by atoms with Crippen LogP contribution in [-0.2, 0) is 9.59 Å². The summed E-state index contributed by atoms with van der Waals surface area (Å²) in [7, 11) is 1.95. The fourth-order valence-corrected chi connectivity index (χ4v) is 5.14. The van der Waals surface area contributed by atoms with Gasteiger partial charge in [0.15, 0.2) is 0 Å². The van der Waals surface area contributed by atoms with Crippen LogP contribution in [0.25, 0.3) is 16.7 Å². The highest BCUT2D eigenvalue weighted by Crippen LogP contribution is 2.45. The smallest absolute Gasteiger partial charge is 0.300 e. The molecular formula is C29H25N3O4. The van der Waals surface area contributed by atoms with Crippen molar-refractivity contribution in [1.82, 2.24) is 4.98 Å². The van der Waals surface area contributed by atoms with E-state index in [2.05, 4.69) is 4.98 Å². The molecule has 0 saturated carbocycles. The van der Waals surface area contributed by atoms with E-state index in [9.17, 15) is 14.7 Å². The Morgan fingerprint density at radius 3 is 2.72 bits per heavy atom. The zero-order valence-electron chi connectivity index (χ0n) is 20.0. The van der Waals surface area contributed by atoms with Gasteiger partial charge in [-0.15, -0.1) is 0 Å². The average molecular weight is 480 g/mol. The number of anilines is 2. The summed E-state index contributed by atoms with van der Waals surface area (Å²) >= 11 is 0. The highest BCUT2D eigenvalue weighted by Gasteiger charge is 2.47. The van der Waals surface area contributed by atoms with Crippen molar-refractivity contribution in [2.75, 3.05) is 30.0 Å². The number of nitrogens with zero attached hydrogens (tertiary/aromatic N) is 2. The number of aryl methyl sites for hydroxylation is 1. The number of H-pyrrole nitrogens is 1. The molecule has 1 atom stereocenters. The number of hydrogen-bond donors (Lipinski definition) is 2. The molecule has 1 aromatic heterocycles. The summed E-state index contributed by atoms with van der Waals surface area (Å²) in [5, 5.41) is 12.4. The second-order valence-corrected chi connectivity index (χ2v) is 9.25. The van der Waals surface area contributed by atoms with E-state index in [0.29, 0.717) is 30.2 Å². The molecule has 0 bridgehead atoms. The van der Waals surface area contributed by atoms with Crippen LogP contribution >= 0.6 is 0 Å². The van der Waals surface area contributed by atoms with E-state index < -0.39 is 17.7 Å². The van der Waals surface area contributed by atoms with Gasteiger partial charge in [-0.3, -0.25) is 14.5 Å². The van der Waals surface area contributed by atoms with Gasteiger partial charge in [-0.2, -0.15) is 0 Å². The number of likely N-dealkylation sites (N-methyl/N-ethyl adjacent to an activating group) is 1. The van der Waals surface area contributed by atoms with Gasteiger partial charge in [-0.05, 0) is 48.9 Å². The summed E-state index contributed by atoms with van der Waals surface area (Å²) in [5.74, 6) is -0.878. The van der Waals surface area contributed by atoms with Crippen molar-refractivity contribution < 1.29 is 19.4 Å². The Hall–Kier alpha value is -4.52. The third-order valence-electron chi connectivity index (χ3n) is 6.97. The minimum Gasteiger partial charge on any atom is -0.507 e. The van der Waals surface area contributed by atoms with Gasteiger partial charge in [-0.1, -0.05) is 30.3 Å². The molecule has 0 spiro atoms. The molecule has 2 N–H and O–H groups in total. The van der Waals surface area contributed by atoms with E-state index in [1.165, 1.54) is 4.90 Å². The average Bonchev–Trinajstić information content (AvgIpc) is 3.42. The summed E-state index contributed by atoms with van der Waals surface area (Å²) in [6.45, 7) is 3.23. The predicted octanol–water partition coefficient (Wildman–Crippen LogP) is 4.93. The maximum Gasteiger partial charge on any atom is 0.300 e. The molecule has 2 aliphatic rings. The normalized spacial score (nSPS) is 19.0. The van der Waals surface area contributed by atoms with Gasteiger partial charge in [-0.25, -0.2) is 0 Å². The van der Waals surface area contributed by atoms with Crippen molar-refractivity contribution in [2.45, 2.75) is 13.0 Å². The third kappa shape index (κ3) is 3.35. The Kier molecular flexibility index (Phi) is 5.07. The summed E-state index contributed by atoms with van der Waals surface area (Å²) in [5.41, 5.74) is 4.53. The number of ether oxygens (including phenoxy) is 1. The number of aromatic amines is 1. The fraction of sp³-hybridized carbons (Fsp3) is 0.172. The molecule has 3 heterocycles. The van der Waals surface area contributed by atoms with Crippen molar-refractivity contribution in [3.05, 3.63) is 95.2 Å². The molecule has 6 rings (SSSR count). The Morgan fingerprint density at radius 2 is 1.89 bits per heavy atom. The third-order valence-corrected chi connectivity index (χ3v) is 6.97. The molecule has 36 heavy (non-hydrogen) atoms. The van der Waals surface area contributed by atoms with Crippen LogP contribution in [0.4, 0.5) is 11.4 Å². The minimum atomic E-state index is -0.798. The summed E-state index contributed by atoms with van der Waals surface area (Å²) in [4.78, 5) is 33.8.